The second-order valence-corrected chi connectivity index (χ2v) is 3.84. The molecule has 0 saturated carbocycles. The number of rotatable bonds is 3. The Bertz CT molecular complexity index is 416. The second-order valence-electron chi connectivity index (χ2n) is 3.84. The molecular weight excluding hydrogens is 199 g/mol. The van der Waals surface area contributed by atoms with E-state index in [1.807, 2.05) is 0 Å². The molecule has 1 aromatic rings. The highest BCUT2D eigenvalue weighted by atomic mass is 19.1. The maximum Gasteiger partial charge on any atom is 0.314 e. The molecule has 0 bridgehead atoms. The van der Waals surface area contributed by atoms with Crippen LogP contribution in [0, 0.1) is 5.82 Å². The van der Waals surface area contributed by atoms with Gasteiger partial charge >= 0.3 is 5.97 Å². The minimum Gasteiger partial charge on any atom is -0.481 e. The number of hydrogen-bond donors (Lipinski definition) is 2. The van der Waals surface area contributed by atoms with Crippen molar-refractivity contribution < 1.29 is 19.4 Å². The van der Waals surface area contributed by atoms with Gasteiger partial charge in [-0.2, -0.15) is 0 Å². The van der Waals surface area contributed by atoms with Crippen LogP contribution in [0.2, 0.25) is 0 Å². The predicted molar refractivity (Wildman–Crippen MR) is 51.1 cm³/mol. The van der Waals surface area contributed by atoms with Crippen molar-refractivity contribution in [3.8, 4) is 0 Å². The van der Waals surface area contributed by atoms with Crippen molar-refractivity contribution in [3.05, 3.63) is 35.1 Å². The van der Waals surface area contributed by atoms with Gasteiger partial charge in [0.1, 0.15) is 5.82 Å². The van der Waals surface area contributed by atoms with Gasteiger partial charge in [-0.3, -0.25) is 4.79 Å². The first-order valence-corrected chi connectivity index (χ1v) is 4.73. The van der Waals surface area contributed by atoms with Crippen LogP contribution in [0.4, 0.5) is 4.39 Å². The van der Waals surface area contributed by atoms with Crippen molar-refractivity contribution in [3.63, 3.8) is 0 Å². The van der Waals surface area contributed by atoms with E-state index < -0.39 is 17.2 Å². The summed E-state index contributed by atoms with van der Waals surface area (Å²) in [4.78, 5) is 11.1. The van der Waals surface area contributed by atoms with Crippen LogP contribution in [0.25, 0.3) is 0 Å². The molecule has 1 aromatic carbocycles. The maximum absolute atomic E-state index is 13.0. The molecule has 0 radical (unpaired) electrons. The zero-order valence-electron chi connectivity index (χ0n) is 8.03. The number of halogens is 1. The van der Waals surface area contributed by atoms with Crippen molar-refractivity contribution >= 4 is 5.97 Å². The summed E-state index contributed by atoms with van der Waals surface area (Å²) in [6, 6.07) is 4.18. The van der Waals surface area contributed by atoms with Crippen molar-refractivity contribution in [2.45, 2.75) is 18.3 Å². The second kappa shape index (κ2) is 3.31. The fourth-order valence-electron chi connectivity index (χ4n) is 2.17. The molecule has 1 aliphatic rings. The molecule has 1 atom stereocenters. The van der Waals surface area contributed by atoms with E-state index >= 15 is 0 Å². The van der Waals surface area contributed by atoms with Gasteiger partial charge < -0.3 is 10.2 Å². The molecule has 2 rings (SSSR count). The first kappa shape index (κ1) is 10.1. The Labute approximate surface area is 86.2 Å². The first-order valence-electron chi connectivity index (χ1n) is 4.73. The summed E-state index contributed by atoms with van der Waals surface area (Å²) in [5.41, 5.74) is 0.280. The van der Waals surface area contributed by atoms with Gasteiger partial charge in [-0.15, -0.1) is 0 Å². The van der Waals surface area contributed by atoms with Crippen molar-refractivity contribution in [2.75, 3.05) is 6.61 Å². The van der Waals surface area contributed by atoms with E-state index in [4.69, 9.17) is 10.2 Å². The summed E-state index contributed by atoms with van der Waals surface area (Å²) >= 11 is 0. The first-order chi connectivity index (χ1) is 7.10. The normalized spacial score (nSPS) is 23.1. The van der Waals surface area contributed by atoms with E-state index in [2.05, 4.69) is 0 Å². The Morgan fingerprint density at radius 1 is 1.53 bits per heavy atom. The molecule has 0 amide bonds. The molecule has 80 valence electrons. The molecule has 0 spiro atoms. The monoisotopic (exact) mass is 210 g/mol. The SMILES string of the molecule is O=C(O)C1(CCO)Cc2ccc(F)cc21. The van der Waals surface area contributed by atoms with Gasteiger partial charge in [0.25, 0.3) is 0 Å². The lowest BCUT2D eigenvalue weighted by Gasteiger charge is -2.40. The molecule has 3 nitrogen and oxygen atoms in total. The minimum atomic E-state index is -1.08. The summed E-state index contributed by atoms with van der Waals surface area (Å²) in [6.07, 6.45) is 0.511. The van der Waals surface area contributed by atoms with Crippen LogP contribution < -0.4 is 0 Å². The smallest absolute Gasteiger partial charge is 0.314 e. The number of hydrogen-bond acceptors (Lipinski definition) is 2. The number of aliphatic hydroxyl groups is 1. The van der Waals surface area contributed by atoms with Gasteiger partial charge in [0.05, 0.1) is 5.41 Å². The largest absolute Gasteiger partial charge is 0.481 e. The van der Waals surface area contributed by atoms with Crippen LogP contribution in [0.15, 0.2) is 18.2 Å². The zero-order chi connectivity index (χ0) is 11.1. The Balaban J connectivity index is 2.44. The number of fused-ring (bicyclic) bond motifs is 1. The zero-order valence-corrected chi connectivity index (χ0v) is 8.03. The number of aliphatic carboxylic acids is 1. The van der Waals surface area contributed by atoms with Crippen LogP contribution in [0.5, 0.6) is 0 Å². The summed E-state index contributed by atoms with van der Waals surface area (Å²) < 4.78 is 13.0. The average Bonchev–Trinajstić information content (AvgIpc) is 2.17. The van der Waals surface area contributed by atoms with Gasteiger partial charge in [0.15, 0.2) is 0 Å². The molecule has 0 fully saturated rings. The van der Waals surface area contributed by atoms with Gasteiger partial charge in [0.2, 0.25) is 0 Å². The van der Waals surface area contributed by atoms with Crippen LogP contribution >= 0.6 is 0 Å². The third-order valence-corrected chi connectivity index (χ3v) is 3.03. The van der Waals surface area contributed by atoms with Crippen molar-refractivity contribution in [1.82, 2.24) is 0 Å². The van der Waals surface area contributed by atoms with Gasteiger partial charge in [0, 0.05) is 6.61 Å². The molecule has 4 heteroatoms. The number of benzene rings is 1. The summed E-state index contributed by atoms with van der Waals surface area (Å²) in [6.45, 7) is -0.206. The van der Waals surface area contributed by atoms with Crippen molar-refractivity contribution in [1.29, 1.82) is 0 Å². The lowest BCUT2D eigenvalue weighted by Crippen LogP contribution is -2.46. The molecule has 15 heavy (non-hydrogen) atoms. The fraction of sp³-hybridized carbons (Fsp3) is 0.364. The Kier molecular flexibility index (Phi) is 2.23. The van der Waals surface area contributed by atoms with Crippen LogP contribution in [-0.4, -0.2) is 22.8 Å². The number of carboxylic acids is 1. The third-order valence-electron chi connectivity index (χ3n) is 3.03. The topological polar surface area (TPSA) is 57.5 Å². The van der Waals surface area contributed by atoms with E-state index in [0.717, 1.165) is 5.56 Å². The van der Waals surface area contributed by atoms with Crippen molar-refractivity contribution in [2.24, 2.45) is 0 Å². The summed E-state index contributed by atoms with van der Waals surface area (Å²) in [7, 11) is 0. The molecule has 0 saturated heterocycles. The quantitative estimate of drug-likeness (QED) is 0.785. The maximum atomic E-state index is 13.0. The van der Waals surface area contributed by atoms with Gasteiger partial charge in [-0.25, -0.2) is 4.39 Å². The van der Waals surface area contributed by atoms with Gasteiger partial charge in [-0.05, 0) is 36.1 Å². The van der Waals surface area contributed by atoms with Crippen LogP contribution in [0.1, 0.15) is 17.5 Å². The van der Waals surface area contributed by atoms with E-state index in [1.165, 1.54) is 12.1 Å². The van der Waals surface area contributed by atoms with E-state index in [-0.39, 0.29) is 13.0 Å². The number of aliphatic hydroxyl groups excluding tert-OH is 1. The standard InChI is InChI=1S/C11H11FO3/c12-8-2-1-7-6-11(3-4-13,10(14)15)9(7)5-8/h1-2,5,13H,3-4,6H2,(H,14,15). The highest BCUT2D eigenvalue weighted by Gasteiger charge is 2.48. The molecule has 1 aliphatic carbocycles. The third kappa shape index (κ3) is 1.33. The Morgan fingerprint density at radius 3 is 2.87 bits per heavy atom. The lowest BCUT2D eigenvalue weighted by molar-refractivity contribution is -0.145. The van der Waals surface area contributed by atoms with Gasteiger partial charge in [-0.1, -0.05) is 6.07 Å². The van der Waals surface area contributed by atoms with Crippen LogP contribution in [-0.2, 0) is 16.6 Å². The number of carboxylic acid groups (broad SMARTS) is 1. The summed E-state index contributed by atoms with van der Waals surface area (Å²) in [5.74, 6) is -1.42. The lowest BCUT2D eigenvalue weighted by atomic mass is 9.62. The molecule has 0 heterocycles. The molecule has 0 aliphatic heterocycles. The Hall–Kier alpha value is -1.42. The average molecular weight is 210 g/mol. The van der Waals surface area contributed by atoms with Crippen LogP contribution in [0.3, 0.4) is 0 Å². The van der Waals surface area contributed by atoms with E-state index in [0.29, 0.717) is 12.0 Å². The molecule has 1 unspecified atom stereocenters. The predicted octanol–water partition coefficient (Wildman–Crippen LogP) is 1.09. The highest BCUT2D eigenvalue weighted by molar-refractivity contribution is 5.85. The molecule has 2 N–H and O–H groups in total. The summed E-state index contributed by atoms with van der Waals surface area (Å²) in [5, 5.41) is 18.0. The minimum absolute atomic E-state index is 0.138. The Morgan fingerprint density at radius 2 is 2.27 bits per heavy atom. The van der Waals surface area contributed by atoms with E-state index in [9.17, 15) is 9.18 Å². The molecule has 0 aromatic heterocycles. The molecular formula is C11H11FO3. The fourth-order valence-corrected chi connectivity index (χ4v) is 2.17. The number of carbonyl (C=O) groups is 1. The highest BCUT2D eigenvalue weighted by Crippen LogP contribution is 2.44. The van der Waals surface area contributed by atoms with E-state index in [1.54, 1.807) is 6.07 Å².